The summed E-state index contributed by atoms with van der Waals surface area (Å²) in [6, 6.07) is 11.1. The normalized spacial score (nSPS) is 12.0. The van der Waals surface area contributed by atoms with Crippen LogP contribution in [0.1, 0.15) is 18.1 Å². The summed E-state index contributed by atoms with van der Waals surface area (Å²) in [5.41, 5.74) is 1.85. The van der Waals surface area contributed by atoms with Crippen molar-refractivity contribution in [1.29, 1.82) is 0 Å². The Kier molecular flexibility index (Phi) is 9.18. The Labute approximate surface area is 170 Å². The predicted molar refractivity (Wildman–Crippen MR) is 110 cm³/mol. The Morgan fingerprint density at radius 3 is 2.56 bits per heavy atom. The standard InChI is InChI=1S/C20H26Cl2N2O3/c1-14(25)11-23-8-9-24-12-15-4-3-5-19(26-2)20(15)27-13-16-6-7-17(21)10-18(16)22/h3-7,10,14,23-25H,8-9,11-13H2,1-2H3/t14-/m1/s1. The minimum absolute atomic E-state index is 0.319. The molecule has 1 atom stereocenters. The van der Waals surface area contributed by atoms with Crippen LogP contribution in [0.4, 0.5) is 0 Å². The second kappa shape index (κ2) is 11.4. The molecular formula is C20H26Cl2N2O3. The van der Waals surface area contributed by atoms with E-state index in [4.69, 9.17) is 32.7 Å². The van der Waals surface area contributed by atoms with Gasteiger partial charge in [0.05, 0.1) is 13.2 Å². The molecule has 0 aromatic heterocycles. The van der Waals surface area contributed by atoms with E-state index in [1.54, 1.807) is 26.2 Å². The third-order valence-corrected chi connectivity index (χ3v) is 4.49. The highest BCUT2D eigenvalue weighted by molar-refractivity contribution is 6.35. The Morgan fingerprint density at radius 1 is 1.07 bits per heavy atom. The van der Waals surface area contributed by atoms with Gasteiger partial charge in [-0.05, 0) is 25.1 Å². The van der Waals surface area contributed by atoms with E-state index in [9.17, 15) is 5.11 Å². The van der Waals surface area contributed by atoms with Crippen molar-refractivity contribution in [3.63, 3.8) is 0 Å². The van der Waals surface area contributed by atoms with Gasteiger partial charge in [-0.1, -0.05) is 41.4 Å². The average molecular weight is 413 g/mol. The Balaban J connectivity index is 1.97. The Hall–Kier alpha value is -1.50. The van der Waals surface area contributed by atoms with Crippen LogP contribution in [0.2, 0.25) is 10.0 Å². The summed E-state index contributed by atoms with van der Waals surface area (Å²) in [7, 11) is 1.62. The van der Waals surface area contributed by atoms with Gasteiger partial charge in [0, 0.05) is 47.4 Å². The first-order valence-corrected chi connectivity index (χ1v) is 9.59. The minimum atomic E-state index is -0.344. The van der Waals surface area contributed by atoms with Gasteiger partial charge >= 0.3 is 0 Å². The van der Waals surface area contributed by atoms with Crippen LogP contribution in [0.25, 0.3) is 0 Å². The number of aliphatic hydroxyl groups excluding tert-OH is 1. The molecule has 5 nitrogen and oxygen atoms in total. The molecule has 2 rings (SSSR count). The number of para-hydroxylation sites is 1. The smallest absolute Gasteiger partial charge is 0.166 e. The van der Waals surface area contributed by atoms with E-state index >= 15 is 0 Å². The molecule has 2 aromatic rings. The van der Waals surface area contributed by atoms with E-state index in [1.165, 1.54) is 0 Å². The van der Waals surface area contributed by atoms with Gasteiger partial charge in [-0.15, -0.1) is 0 Å². The number of halogens is 2. The molecule has 0 unspecified atom stereocenters. The first-order chi connectivity index (χ1) is 13.0. The molecule has 3 N–H and O–H groups in total. The third kappa shape index (κ3) is 7.20. The third-order valence-electron chi connectivity index (χ3n) is 3.90. The summed E-state index contributed by atoms with van der Waals surface area (Å²) in [6.45, 7) is 4.83. The highest BCUT2D eigenvalue weighted by Gasteiger charge is 2.12. The molecule has 0 heterocycles. The van der Waals surface area contributed by atoms with E-state index < -0.39 is 0 Å². The molecule has 0 radical (unpaired) electrons. The second-order valence-electron chi connectivity index (χ2n) is 6.20. The van der Waals surface area contributed by atoms with Crippen LogP contribution < -0.4 is 20.1 Å². The van der Waals surface area contributed by atoms with Crippen molar-refractivity contribution in [1.82, 2.24) is 10.6 Å². The van der Waals surface area contributed by atoms with Crippen LogP contribution in [-0.2, 0) is 13.2 Å². The van der Waals surface area contributed by atoms with Crippen LogP contribution in [0.3, 0.4) is 0 Å². The van der Waals surface area contributed by atoms with Crippen molar-refractivity contribution in [3.8, 4) is 11.5 Å². The molecule has 0 spiro atoms. The lowest BCUT2D eigenvalue weighted by Gasteiger charge is -2.16. The average Bonchev–Trinajstić information content (AvgIpc) is 2.64. The number of nitrogens with one attached hydrogen (secondary N) is 2. The molecule has 0 aliphatic carbocycles. The van der Waals surface area contributed by atoms with E-state index in [0.717, 1.165) is 24.2 Å². The van der Waals surface area contributed by atoms with Crippen molar-refractivity contribution >= 4 is 23.2 Å². The van der Waals surface area contributed by atoms with Crippen LogP contribution >= 0.6 is 23.2 Å². The lowest BCUT2D eigenvalue weighted by molar-refractivity contribution is 0.191. The molecule has 7 heteroatoms. The number of hydrogen-bond donors (Lipinski definition) is 3. The van der Waals surface area contributed by atoms with Gasteiger partial charge in [-0.2, -0.15) is 0 Å². The highest BCUT2D eigenvalue weighted by atomic mass is 35.5. The predicted octanol–water partition coefficient (Wildman–Crippen LogP) is 3.64. The summed E-state index contributed by atoms with van der Waals surface area (Å²) in [5, 5.41) is 16.9. The molecule has 148 valence electrons. The topological polar surface area (TPSA) is 62.8 Å². The molecule has 0 saturated heterocycles. The number of ether oxygens (including phenoxy) is 2. The molecule has 0 bridgehead atoms. The summed E-state index contributed by atoms with van der Waals surface area (Å²) in [4.78, 5) is 0. The molecule has 27 heavy (non-hydrogen) atoms. The monoisotopic (exact) mass is 412 g/mol. The molecular weight excluding hydrogens is 387 g/mol. The fourth-order valence-corrected chi connectivity index (χ4v) is 2.99. The largest absolute Gasteiger partial charge is 0.493 e. The fourth-order valence-electron chi connectivity index (χ4n) is 2.52. The SMILES string of the molecule is COc1cccc(CNCCNC[C@@H](C)O)c1OCc1ccc(Cl)cc1Cl. The molecule has 0 amide bonds. The lowest BCUT2D eigenvalue weighted by Crippen LogP contribution is -2.31. The van der Waals surface area contributed by atoms with Crippen molar-refractivity contribution in [2.45, 2.75) is 26.2 Å². The number of hydrogen-bond acceptors (Lipinski definition) is 5. The van der Waals surface area contributed by atoms with Gasteiger partial charge in [0.25, 0.3) is 0 Å². The van der Waals surface area contributed by atoms with Crippen LogP contribution in [0, 0.1) is 0 Å². The maximum Gasteiger partial charge on any atom is 0.166 e. The number of methoxy groups -OCH3 is 1. The van der Waals surface area contributed by atoms with Gasteiger partial charge in [-0.25, -0.2) is 0 Å². The number of benzene rings is 2. The van der Waals surface area contributed by atoms with Crippen LogP contribution in [0.15, 0.2) is 36.4 Å². The second-order valence-corrected chi connectivity index (χ2v) is 7.05. The molecule has 0 aliphatic heterocycles. The molecule has 0 aliphatic rings. The summed E-state index contributed by atoms with van der Waals surface area (Å²) in [5.74, 6) is 1.36. The van der Waals surface area contributed by atoms with E-state index in [0.29, 0.717) is 41.2 Å². The zero-order valence-electron chi connectivity index (χ0n) is 15.6. The molecule has 0 saturated carbocycles. The van der Waals surface area contributed by atoms with Gasteiger partial charge in [0.15, 0.2) is 11.5 Å². The molecule has 2 aromatic carbocycles. The first kappa shape index (κ1) is 21.8. The van der Waals surface area contributed by atoms with E-state index in [2.05, 4.69) is 10.6 Å². The zero-order chi connectivity index (χ0) is 19.6. The maximum atomic E-state index is 9.24. The van der Waals surface area contributed by atoms with Crippen LogP contribution in [-0.4, -0.2) is 38.0 Å². The van der Waals surface area contributed by atoms with E-state index in [-0.39, 0.29) is 6.10 Å². The van der Waals surface area contributed by atoms with Gasteiger partial charge in [-0.3, -0.25) is 0 Å². The quantitative estimate of drug-likeness (QED) is 0.491. The Morgan fingerprint density at radius 2 is 1.85 bits per heavy atom. The summed E-state index contributed by atoms with van der Waals surface area (Å²) in [6.07, 6.45) is -0.344. The lowest BCUT2D eigenvalue weighted by atomic mass is 10.1. The minimum Gasteiger partial charge on any atom is -0.493 e. The van der Waals surface area contributed by atoms with E-state index in [1.807, 2.05) is 24.3 Å². The first-order valence-electron chi connectivity index (χ1n) is 8.83. The fraction of sp³-hybridized carbons (Fsp3) is 0.400. The van der Waals surface area contributed by atoms with Crippen molar-refractivity contribution in [3.05, 3.63) is 57.6 Å². The van der Waals surface area contributed by atoms with Gasteiger partial charge in [0.1, 0.15) is 6.61 Å². The van der Waals surface area contributed by atoms with Crippen molar-refractivity contribution in [2.24, 2.45) is 0 Å². The Bertz CT molecular complexity index is 726. The van der Waals surface area contributed by atoms with Gasteiger partial charge < -0.3 is 25.2 Å². The highest BCUT2D eigenvalue weighted by Crippen LogP contribution is 2.32. The van der Waals surface area contributed by atoms with Crippen molar-refractivity contribution in [2.75, 3.05) is 26.7 Å². The molecule has 0 fully saturated rings. The summed E-state index contributed by atoms with van der Waals surface area (Å²) < 4.78 is 11.5. The van der Waals surface area contributed by atoms with Crippen LogP contribution in [0.5, 0.6) is 11.5 Å². The zero-order valence-corrected chi connectivity index (χ0v) is 17.1. The summed E-state index contributed by atoms with van der Waals surface area (Å²) >= 11 is 12.2. The van der Waals surface area contributed by atoms with Crippen molar-refractivity contribution < 1.29 is 14.6 Å². The number of rotatable bonds is 11. The number of aliphatic hydroxyl groups is 1. The maximum absolute atomic E-state index is 9.24. The van der Waals surface area contributed by atoms with Gasteiger partial charge in [0.2, 0.25) is 0 Å².